The van der Waals surface area contributed by atoms with Crippen molar-refractivity contribution in [3.63, 3.8) is 0 Å². The summed E-state index contributed by atoms with van der Waals surface area (Å²) in [6.45, 7) is 14.0. The smallest absolute Gasteiger partial charge is 0.228 e. The predicted molar refractivity (Wildman–Crippen MR) is 109 cm³/mol. The first kappa shape index (κ1) is 19.2. The van der Waals surface area contributed by atoms with Gasteiger partial charge in [0.2, 0.25) is 5.69 Å². The van der Waals surface area contributed by atoms with Gasteiger partial charge < -0.3 is 15.4 Å². The van der Waals surface area contributed by atoms with Crippen LogP contribution in [0, 0.1) is 19.4 Å². The molecule has 0 amide bonds. The molecule has 3 aromatic rings. The quantitative estimate of drug-likeness (QED) is 0.507. The number of hydrogen-bond donors (Lipinski definition) is 3. The molecule has 0 aliphatic rings. The zero-order chi connectivity index (χ0) is 19.9. The van der Waals surface area contributed by atoms with E-state index in [4.69, 9.17) is 11.3 Å². The summed E-state index contributed by atoms with van der Waals surface area (Å²) in [6.07, 6.45) is 3.38. The Balaban J connectivity index is 1.75. The fourth-order valence-electron chi connectivity index (χ4n) is 2.53. The molecule has 0 bridgehead atoms. The Morgan fingerprint density at radius 1 is 1.25 bits per heavy atom. The van der Waals surface area contributed by atoms with Crippen LogP contribution in [-0.4, -0.2) is 32.8 Å². The van der Waals surface area contributed by atoms with E-state index >= 15 is 0 Å². The van der Waals surface area contributed by atoms with E-state index in [1.165, 1.54) is 0 Å². The molecule has 8 heteroatoms. The van der Waals surface area contributed by atoms with Crippen LogP contribution in [-0.2, 0) is 0 Å². The van der Waals surface area contributed by atoms with Gasteiger partial charge in [0.15, 0.2) is 5.82 Å². The molecule has 0 aliphatic carbocycles. The van der Waals surface area contributed by atoms with Crippen molar-refractivity contribution >= 4 is 23.1 Å². The van der Waals surface area contributed by atoms with E-state index in [2.05, 4.69) is 49.5 Å². The number of nitrogens with one attached hydrogen (secondary N) is 3. The molecule has 0 aliphatic heterocycles. The van der Waals surface area contributed by atoms with E-state index in [1.54, 1.807) is 24.5 Å². The van der Waals surface area contributed by atoms with E-state index in [9.17, 15) is 0 Å². The number of rotatable bonds is 8. The standard InChI is InChI=1S/C20H23N7O/c1-13(2)17(12-28-15-6-5-9-22-11-15)23-20-16(21-4)7-8-18(25-20)24-19-10-14(3)26-27-19/h5-11,13,17H,12H2,1-3H3,(H3,23,24,25,26,27). The summed E-state index contributed by atoms with van der Waals surface area (Å²) in [4.78, 5) is 12.2. The predicted octanol–water partition coefficient (Wildman–Crippen LogP) is 4.32. The number of aryl methyl sites for hydroxylation is 1. The van der Waals surface area contributed by atoms with Gasteiger partial charge in [0.1, 0.15) is 24.0 Å². The lowest BCUT2D eigenvalue weighted by Crippen LogP contribution is -2.32. The molecule has 3 N–H and O–H groups in total. The van der Waals surface area contributed by atoms with Crippen LogP contribution >= 0.6 is 0 Å². The number of aromatic amines is 1. The van der Waals surface area contributed by atoms with Gasteiger partial charge in [0.25, 0.3) is 0 Å². The highest BCUT2D eigenvalue weighted by atomic mass is 16.5. The van der Waals surface area contributed by atoms with E-state index < -0.39 is 0 Å². The Bertz CT molecular complexity index is 947. The maximum atomic E-state index is 7.44. The van der Waals surface area contributed by atoms with Gasteiger partial charge in [-0.2, -0.15) is 5.10 Å². The Hall–Kier alpha value is -3.60. The van der Waals surface area contributed by atoms with Crippen molar-refractivity contribution < 1.29 is 4.74 Å². The third-order valence-electron chi connectivity index (χ3n) is 4.15. The monoisotopic (exact) mass is 377 g/mol. The molecule has 1 atom stereocenters. The number of H-pyrrole nitrogens is 1. The van der Waals surface area contributed by atoms with Crippen molar-refractivity contribution in [3.05, 3.63) is 59.8 Å². The average Bonchev–Trinajstić information content (AvgIpc) is 3.10. The summed E-state index contributed by atoms with van der Waals surface area (Å²) in [5.41, 5.74) is 1.40. The minimum absolute atomic E-state index is 0.0314. The van der Waals surface area contributed by atoms with Gasteiger partial charge in [-0.3, -0.25) is 10.1 Å². The second-order valence-corrected chi connectivity index (χ2v) is 6.73. The Morgan fingerprint density at radius 2 is 2.11 bits per heavy atom. The zero-order valence-corrected chi connectivity index (χ0v) is 16.1. The zero-order valence-electron chi connectivity index (χ0n) is 16.1. The molecule has 0 fully saturated rings. The van der Waals surface area contributed by atoms with Crippen molar-refractivity contribution in [3.8, 4) is 5.75 Å². The van der Waals surface area contributed by atoms with Crippen LogP contribution in [0.1, 0.15) is 19.5 Å². The fraction of sp³-hybridized carbons (Fsp3) is 0.300. The summed E-state index contributed by atoms with van der Waals surface area (Å²) in [6, 6.07) is 9.05. The number of pyridine rings is 2. The van der Waals surface area contributed by atoms with Gasteiger partial charge in [-0.1, -0.05) is 13.8 Å². The molecule has 0 aromatic carbocycles. The minimum Gasteiger partial charge on any atom is -0.490 e. The van der Waals surface area contributed by atoms with Crippen molar-refractivity contribution in [2.24, 2.45) is 5.92 Å². The highest BCUT2D eigenvalue weighted by Crippen LogP contribution is 2.27. The molecular weight excluding hydrogens is 354 g/mol. The van der Waals surface area contributed by atoms with Gasteiger partial charge in [-0.15, -0.1) is 0 Å². The minimum atomic E-state index is -0.0314. The molecule has 3 heterocycles. The molecule has 0 radical (unpaired) electrons. The van der Waals surface area contributed by atoms with E-state index in [1.807, 2.05) is 25.1 Å². The van der Waals surface area contributed by atoms with Gasteiger partial charge in [-0.05, 0) is 37.1 Å². The van der Waals surface area contributed by atoms with E-state index in [0.717, 1.165) is 5.69 Å². The molecular formula is C20H23N7O. The van der Waals surface area contributed by atoms with Crippen LogP contribution in [0.5, 0.6) is 5.75 Å². The third-order valence-corrected chi connectivity index (χ3v) is 4.15. The second kappa shape index (κ2) is 8.86. The SMILES string of the molecule is [C-]#[N+]c1ccc(Nc2cc(C)[nH]n2)nc1NC(COc1cccnc1)C(C)C. The Kier molecular flexibility index (Phi) is 6.07. The van der Waals surface area contributed by atoms with Crippen LogP contribution in [0.15, 0.2) is 42.7 Å². The number of aromatic nitrogens is 4. The molecule has 144 valence electrons. The maximum Gasteiger partial charge on any atom is 0.228 e. The summed E-state index contributed by atoms with van der Waals surface area (Å²) in [5.74, 6) is 2.77. The molecule has 3 rings (SSSR count). The van der Waals surface area contributed by atoms with Gasteiger partial charge in [0, 0.05) is 18.0 Å². The van der Waals surface area contributed by atoms with Gasteiger partial charge >= 0.3 is 0 Å². The van der Waals surface area contributed by atoms with Crippen LogP contribution in [0.25, 0.3) is 4.85 Å². The van der Waals surface area contributed by atoms with Gasteiger partial charge in [-0.25, -0.2) is 9.83 Å². The topological polar surface area (TPSA) is 92.1 Å². The molecule has 1 unspecified atom stereocenters. The third kappa shape index (κ3) is 4.98. The summed E-state index contributed by atoms with van der Waals surface area (Å²) in [7, 11) is 0. The number of nitrogens with zero attached hydrogens (tertiary/aromatic N) is 4. The normalized spacial score (nSPS) is 11.7. The number of hydrogen-bond acceptors (Lipinski definition) is 6. The maximum absolute atomic E-state index is 7.44. The second-order valence-electron chi connectivity index (χ2n) is 6.73. The Labute approximate surface area is 164 Å². The highest BCUT2D eigenvalue weighted by Gasteiger charge is 2.17. The van der Waals surface area contributed by atoms with Gasteiger partial charge in [0.05, 0.1) is 18.8 Å². The molecule has 0 saturated carbocycles. The number of ether oxygens (including phenoxy) is 1. The molecule has 0 spiro atoms. The molecule has 3 aromatic heterocycles. The summed E-state index contributed by atoms with van der Waals surface area (Å²) in [5, 5.41) is 13.5. The first-order chi connectivity index (χ1) is 13.5. The van der Waals surface area contributed by atoms with Crippen molar-refractivity contribution in [2.75, 3.05) is 17.2 Å². The largest absolute Gasteiger partial charge is 0.490 e. The molecule has 28 heavy (non-hydrogen) atoms. The van der Waals surface area contributed by atoms with Crippen molar-refractivity contribution in [2.45, 2.75) is 26.8 Å². The van der Waals surface area contributed by atoms with E-state index in [-0.39, 0.29) is 12.0 Å². The van der Waals surface area contributed by atoms with E-state index in [0.29, 0.717) is 35.5 Å². The van der Waals surface area contributed by atoms with Crippen molar-refractivity contribution in [1.82, 2.24) is 20.2 Å². The average molecular weight is 377 g/mol. The Morgan fingerprint density at radius 3 is 2.75 bits per heavy atom. The molecule has 0 saturated heterocycles. The summed E-state index contributed by atoms with van der Waals surface area (Å²) < 4.78 is 5.84. The van der Waals surface area contributed by atoms with Crippen LogP contribution in [0.2, 0.25) is 0 Å². The first-order valence-electron chi connectivity index (χ1n) is 9.02. The first-order valence-corrected chi connectivity index (χ1v) is 9.02. The summed E-state index contributed by atoms with van der Waals surface area (Å²) >= 11 is 0. The lowest BCUT2D eigenvalue weighted by Gasteiger charge is -2.24. The lowest BCUT2D eigenvalue weighted by atomic mass is 10.1. The number of anilines is 3. The van der Waals surface area contributed by atoms with Crippen LogP contribution < -0.4 is 15.4 Å². The van der Waals surface area contributed by atoms with Crippen molar-refractivity contribution in [1.29, 1.82) is 0 Å². The van der Waals surface area contributed by atoms with Crippen LogP contribution in [0.3, 0.4) is 0 Å². The lowest BCUT2D eigenvalue weighted by molar-refractivity contribution is 0.269. The highest BCUT2D eigenvalue weighted by molar-refractivity contribution is 5.69. The molecule has 8 nitrogen and oxygen atoms in total. The van der Waals surface area contributed by atoms with Crippen LogP contribution in [0.4, 0.5) is 23.1 Å². The fourth-order valence-corrected chi connectivity index (χ4v) is 2.53.